The summed E-state index contributed by atoms with van der Waals surface area (Å²) in [4.78, 5) is 21.7. The third kappa shape index (κ3) is 3.96. The number of ether oxygens (including phenoxy) is 1. The SMILES string of the molecule is CC(=O)Nc1ccc(NCC2CCC(C(=O)O)O2)cc1. The average Bonchev–Trinajstić information content (AvgIpc) is 2.86. The van der Waals surface area contributed by atoms with Gasteiger partial charge in [0.1, 0.15) is 0 Å². The quantitative estimate of drug-likeness (QED) is 0.763. The van der Waals surface area contributed by atoms with Crippen LogP contribution in [0.3, 0.4) is 0 Å². The first-order chi connectivity index (χ1) is 9.54. The first kappa shape index (κ1) is 14.3. The predicted molar refractivity (Wildman–Crippen MR) is 74.8 cm³/mol. The molecular weight excluding hydrogens is 260 g/mol. The second-order valence-corrected chi connectivity index (χ2v) is 4.80. The first-order valence-corrected chi connectivity index (χ1v) is 6.54. The van der Waals surface area contributed by atoms with Crippen LogP contribution in [0.4, 0.5) is 11.4 Å². The fourth-order valence-corrected chi connectivity index (χ4v) is 2.14. The second-order valence-electron chi connectivity index (χ2n) is 4.80. The zero-order chi connectivity index (χ0) is 14.5. The average molecular weight is 278 g/mol. The van der Waals surface area contributed by atoms with E-state index in [0.29, 0.717) is 13.0 Å². The van der Waals surface area contributed by atoms with Crippen LogP contribution in [0.1, 0.15) is 19.8 Å². The van der Waals surface area contributed by atoms with Gasteiger partial charge in [0, 0.05) is 24.8 Å². The molecule has 6 nitrogen and oxygen atoms in total. The third-order valence-electron chi connectivity index (χ3n) is 3.12. The number of hydrogen-bond donors (Lipinski definition) is 3. The number of carboxylic acids is 1. The number of hydrogen-bond acceptors (Lipinski definition) is 4. The molecule has 0 radical (unpaired) electrons. The van der Waals surface area contributed by atoms with Gasteiger partial charge in [0.25, 0.3) is 0 Å². The molecule has 108 valence electrons. The van der Waals surface area contributed by atoms with Crippen LogP contribution in [0, 0.1) is 0 Å². The molecule has 1 heterocycles. The van der Waals surface area contributed by atoms with Gasteiger partial charge in [-0.1, -0.05) is 0 Å². The van der Waals surface area contributed by atoms with Crippen molar-refractivity contribution in [1.82, 2.24) is 0 Å². The maximum absolute atomic E-state index is 10.9. The molecule has 20 heavy (non-hydrogen) atoms. The van der Waals surface area contributed by atoms with E-state index in [-0.39, 0.29) is 12.0 Å². The lowest BCUT2D eigenvalue weighted by atomic mass is 10.2. The molecule has 1 fully saturated rings. The van der Waals surface area contributed by atoms with Gasteiger partial charge in [0.05, 0.1) is 6.10 Å². The van der Waals surface area contributed by atoms with Gasteiger partial charge in [0.15, 0.2) is 6.10 Å². The van der Waals surface area contributed by atoms with Gasteiger partial charge in [-0.15, -0.1) is 0 Å². The van der Waals surface area contributed by atoms with Crippen molar-refractivity contribution in [1.29, 1.82) is 0 Å². The molecule has 6 heteroatoms. The molecule has 0 aliphatic carbocycles. The topological polar surface area (TPSA) is 87.7 Å². The minimum absolute atomic E-state index is 0.0777. The maximum atomic E-state index is 10.9. The van der Waals surface area contributed by atoms with E-state index in [1.807, 2.05) is 12.1 Å². The Bertz CT molecular complexity index is 486. The van der Waals surface area contributed by atoms with E-state index < -0.39 is 12.1 Å². The number of rotatable bonds is 5. The Balaban J connectivity index is 1.80. The van der Waals surface area contributed by atoms with Crippen molar-refractivity contribution >= 4 is 23.3 Å². The molecule has 1 saturated heterocycles. The lowest BCUT2D eigenvalue weighted by Crippen LogP contribution is -2.24. The number of anilines is 2. The maximum Gasteiger partial charge on any atom is 0.332 e. The molecule has 0 aromatic heterocycles. The number of carboxylic acid groups (broad SMARTS) is 1. The van der Waals surface area contributed by atoms with Crippen molar-refractivity contribution < 1.29 is 19.4 Å². The zero-order valence-electron chi connectivity index (χ0n) is 11.3. The van der Waals surface area contributed by atoms with Gasteiger partial charge in [0.2, 0.25) is 5.91 Å². The smallest absolute Gasteiger partial charge is 0.332 e. The number of benzene rings is 1. The summed E-state index contributed by atoms with van der Waals surface area (Å²) in [6.45, 7) is 2.03. The van der Waals surface area contributed by atoms with Crippen molar-refractivity contribution in [3.8, 4) is 0 Å². The summed E-state index contributed by atoms with van der Waals surface area (Å²) < 4.78 is 5.40. The molecule has 2 unspecified atom stereocenters. The molecular formula is C14H18N2O4. The van der Waals surface area contributed by atoms with E-state index >= 15 is 0 Å². The van der Waals surface area contributed by atoms with Crippen LogP contribution in [0.15, 0.2) is 24.3 Å². The van der Waals surface area contributed by atoms with Crippen LogP contribution in [-0.4, -0.2) is 35.7 Å². The van der Waals surface area contributed by atoms with Gasteiger partial charge in [-0.25, -0.2) is 4.79 Å². The third-order valence-corrected chi connectivity index (χ3v) is 3.12. The van der Waals surface area contributed by atoms with E-state index in [4.69, 9.17) is 9.84 Å². The van der Waals surface area contributed by atoms with Gasteiger partial charge in [-0.05, 0) is 37.1 Å². The molecule has 2 atom stereocenters. The van der Waals surface area contributed by atoms with Crippen LogP contribution in [0.5, 0.6) is 0 Å². The lowest BCUT2D eigenvalue weighted by Gasteiger charge is -2.13. The van der Waals surface area contributed by atoms with Crippen LogP contribution in [0.25, 0.3) is 0 Å². The molecule has 1 aliphatic rings. The van der Waals surface area contributed by atoms with Crippen molar-refractivity contribution in [3.05, 3.63) is 24.3 Å². The molecule has 1 aromatic rings. The lowest BCUT2D eigenvalue weighted by molar-refractivity contribution is -0.149. The molecule has 1 aliphatic heterocycles. The Hall–Kier alpha value is -2.08. The standard InChI is InChI=1S/C14H18N2O4/c1-9(17)16-11-4-2-10(3-5-11)15-8-12-6-7-13(20-12)14(18)19/h2-5,12-13,15H,6-8H2,1H3,(H,16,17)(H,18,19). The number of amides is 1. The zero-order valence-corrected chi connectivity index (χ0v) is 11.3. The largest absolute Gasteiger partial charge is 0.479 e. The van der Waals surface area contributed by atoms with Crippen LogP contribution >= 0.6 is 0 Å². The van der Waals surface area contributed by atoms with Crippen molar-refractivity contribution in [2.24, 2.45) is 0 Å². The van der Waals surface area contributed by atoms with Gasteiger partial charge >= 0.3 is 5.97 Å². The number of carbonyl (C=O) groups excluding carboxylic acids is 1. The Labute approximate surface area is 117 Å². The Morgan fingerprint density at radius 1 is 1.25 bits per heavy atom. The number of nitrogens with one attached hydrogen (secondary N) is 2. The summed E-state index contributed by atoms with van der Waals surface area (Å²) in [6.07, 6.45) is 0.548. The Morgan fingerprint density at radius 3 is 2.45 bits per heavy atom. The van der Waals surface area contributed by atoms with Crippen molar-refractivity contribution in [2.45, 2.75) is 32.0 Å². The highest BCUT2D eigenvalue weighted by molar-refractivity contribution is 5.88. The molecule has 2 rings (SSSR count). The van der Waals surface area contributed by atoms with Crippen molar-refractivity contribution in [2.75, 3.05) is 17.2 Å². The van der Waals surface area contributed by atoms with Crippen molar-refractivity contribution in [3.63, 3.8) is 0 Å². The van der Waals surface area contributed by atoms with E-state index in [2.05, 4.69) is 10.6 Å². The summed E-state index contributed by atoms with van der Waals surface area (Å²) >= 11 is 0. The molecule has 3 N–H and O–H groups in total. The van der Waals surface area contributed by atoms with Gasteiger partial charge in [-0.3, -0.25) is 4.79 Å². The van der Waals surface area contributed by atoms with Crippen LogP contribution < -0.4 is 10.6 Å². The monoisotopic (exact) mass is 278 g/mol. The summed E-state index contributed by atoms with van der Waals surface area (Å²) in [7, 11) is 0. The van der Waals surface area contributed by atoms with Gasteiger partial charge < -0.3 is 20.5 Å². The fourth-order valence-electron chi connectivity index (χ4n) is 2.14. The molecule has 0 saturated carbocycles. The summed E-state index contributed by atoms with van der Waals surface area (Å²) in [6, 6.07) is 7.32. The summed E-state index contributed by atoms with van der Waals surface area (Å²) in [5.41, 5.74) is 1.65. The van der Waals surface area contributed by atoms with E-state index in [9.17, 15) is 9.59 Å². The first-order valence-electron chi connectivity index (χ1n) is 6.54. The van der Waals surface area contributed by atoms with E-state index in [1.165, 1.54) is 6.92 Å². The molecule has 1 amide bonds. The van der Waals surface area contributed by atoms with E-state index in [1.54, 1.807) is 12.1 Å². The normalized spacial score (nSPS) is 21.4. The number of carbonyl (C=O) groups is 2. The molecule has 0 spiro atoms. The minimum Gasteiger partial charge on any atom is -0.479 e. The van der Waals surface area contributed by atoms with Gasteiger partial charge in [-0.2, -0.15) is 0 Å². The second kappa shape index (κ2) is 6.38. The molecule has 1 aromatic carbocycles. The van der Waals surface area contributed by atoms with Crippen LogP contribution in [-0.2, 0) is 14.3 Å². The minimum atomic E-state index is -0.896. The highest BCUT2D eigenvalue weighted by atomic mass is 16.5. The van der Waals surface area contributed by atoms with Crippen LogP contribution in [0.2, 0.25) is 0 Å². The fraction of sp³-hybridized carbons (Fsp3) is 0.429. The predicted octanol–water partition coefficient (Wildman–Crippen LogP) is 1.69. The Kier molecular flexibility index (Phi) is 4.57. The summed E-state index contributed by atoms with van der Waals surface area (Å²) in [5, 5.41) is 14.7. The highest BCUT2D eigenvalue weighted by Gasteiger charge is 2.30. The molecule has 0 bridgehead atoms. The number of aliphatic carboxylic acids is 1. The Morgan fingerprint density at radius 2 is 1.90 bits per heavy atom. The van der Waals surface area contributed by atoms with E-state index in [0.717, 1.165) is 17.8 Å². The summed E-state index contributed by atoms with van der Waals surface area (Å²) in [5.74, 6) is -1.00. The highest BCUT2D eigenvalue weighted by Crippen LogP contribution is 2.21.